The number of fused-ring (bicyclic) bond motifs is 7. The smallest absolute Gasteiger partial charge is 0.306 e. The highest BCUT2D eigenvalue weighted by Gasteiger charge is 2.70. The van der Waals surface area contributed by atoms with E-state index in [0.29, 0.717) is 35.4 Å². The topological polar surface area (TPSA) is 43.4 Å². The lowest BCUT2D eigenvalue weighted by molar-refractivity contribution is -0.211. The Kier molecular flexibility index (Phi) is 12.3. The van der Waals surface area contributed by atoms with E-state index in [4.69, 9.17) is 4.74 Å². The molecule has 0 aromatic rings. The zero-order chi connectivity index (χ0) is 35.7. The molecular weight excluding hydrogens is 601 g/mol. The Morgan fingerprint density at radius 2 is 1.33 bits per heavy atom. The average molecular weight is 679 g/mol. The lowest BCUT2D eigenvalue weighted by Gasteiger charge is -2.70. The Balaban J connectivity index is 1.15. The molecule has 10 atom stereocenters. The van der Waals surface area contributed by atoms with Crippen molar-refractivity contribution >= 4 is 11.8 Å². The van der Waals surface area contributed by atoms with E-state index >= 15 is 0 Å². The number of unbranched alkanes of at least 4 members (excludes halogenated alkanes) is 12. The molecule has 3 heteroatoms. The zero-order valence-corrected chi connectivity index (χ0v) is 33.8. The number of carbonyl (C=O) groups excluding carboxylic acids is 2. The molecule has 49 heavy (non-hydrogen) atoms. The summed E-state index contributed by atoms with van der Waals surface area (Å²) in [5.41, 5.74) is 1.72. The molecule has 0 heterocycles. The van der Waals surface area contributed by atoms with Crippen LogP contribution in [0.25, 0.3) is 0 Å². The summed E-state index contributed by atoms with van der Waals surface area (Å²) < 4.78 is 6.36. The number of ether oxygens (including phenoxy) is 1. The van der Waals surface area contributed by atoms with Crippen molar-refractivity contribution in [1.29, 1.82) is 0 Å². The second-order valence-corrected chi connectivity index (χ2v) is 20.1. The van der Waals surface area contributed by atoms with Gasteiger partial charge in [0.25, 0.3) is 0 Å². The number of esters is 1. The van der Waals surface area contributed by atoms with Gasteiger partial charge in [0.2, 0.25) is 0 Å². The van der Waals surface area contributed by atoms with Crippen LogP contribution in [0.5, 0.6) is 0 Å². The predicted octanol–water partition coefficient (Wildman–Crippen LogP) is 13.2. The molecule has 0 radical (unpaired) electrons. The second-order valence-electron chi connectivity index (χ2n) is 20.1. The summed E-state index contributed by atoms with van der Waals surface area (Å²) in [6.07, 6.45) is 29.1. The van der Waals surface area contributed by atoms with E-state index in [1.54, 1.807) is 0 Å². The van der Waals surface area contributed by atoms with Gasteiger partial charge in [0, 0.05) is 17.8 Å². The third kappa shape index (κ3) is 7.28. The fourth-order valence-electron chi connectivity index (χ4n) is 13.4. The van der Waals surface area contributed by atoms with E-state index in [1.165, 1.54) is 102 Å². The molecule has 0 spiro atoms. The number of hydrogen-bond donors (Lipinski definition) is 0. The first kappa shape index (κ1) is 39.1. The molecule has 5 aliphatic carbocycles. The summed E-state index contributed by atoms with van der Waals surface area (Å²) in [5.74, 6) is 2.74. The van der Waals surface area contributed by atoms with Gasteiger partial charge >= 0.3 is 5.97 Å². The first-order valence-corrected chi connectivity index (χ1v) is 21.6. The van der Waals surface area contributed by atoms with Gasteiger partial charge in [0.15, 0.2) is 5.78 Å². The van der Waals surface area contributed by atoms with E-state index in [1.807, 2.05) is 0 Å². The van der Waals surface area contributed by atoms with Crippen LogP contribution in [0.4, 0.5) is 0 Å². The predicted molar refractivity (Wildman–Crippen MR) is 205 cm³/mol. The fraction of sp³-hybridized carbons (Fsp3) is 0.913. The first-order valence-electron chi connectivity index (χ1n) is 21.6. The molecule has 10 unspecified atom stereocenters. The normalized spacial score (nSPS) is 41.2. The van der Waals surface area contributed by atoms with Crippen LogP contribution in [-0.2, 0) is 14.3 Å². The molecule has 0 bridgehead atoms. The van der Waals surface area contributed by atoms with Gasteiger partial charge in [0.1, 0.15) is 6.10 Å². The Hall–Kier alpha value is -1.12. The highest BCUT2D eigenvalue weighted by atomic mass is 16.5. The van der Waals surface area contributed by atoms with E-state index in [9.17, 15) is 9.59 Å². The maximum atomic E-state index is 14.7. The molecule has 4 fully saturated rings. The molecule has 4 saturated carbocycles. The van der Waals surface area contributed by atoms with Crippen molar-refractivity contribution in [2.75, 3.05) is 0 Å². The van der Waals surface area contributed by atoms with Crippen LogP contribution in [0, 0.1) is 56.7 Å². The highest BCUT2D eigenvalue weighted by Crippen LogP contribution is 2.75. The van der Waals surface area contributed by atoms with Crippen molar-refractivity contribution in [3.8, 4) is 0 Å². The van der Waals surface area contributed by atoms with Crippen molar-refractivity contribution < 1.29 is 14.3 Å². The number of hydrogen-bond acceptors (Lipinski definition) is 3. The molecule has 0 N–H and O–H groups in total. The quantitative estimate of drug-likeness (QED) is 0.128. The standard InChI is InChI=1S/C46H78O3/c1-10-11-12-13-14-15-16-17-18-19-20-21-22-23-39(48)49-38-26-28-44(7)37(42(38,4)5)25-29-46(9)41(44)36(47)32-35-40-34(3)33(2)24-27-43(40,6)30-31-45(35,46)8/h32-34,37-38,40-41H,10-31H2,1-9H3. The van der Waals surface area contributed by atoms with Crippen LogP contribution < -0.4 is 0 Å². The third-order valence-corrected chi connectivity index (χ3v) is 16.8. The maximum Gasteiger partial charge on any atom is 0.306 e. The summed E-state index contributed by atoms with van der Waals surface area (Å²) in [4.78, 5) is 27.8. The van der Waals surface area contributed by atoms with E-state index < -0.39 is 0 Å². The molecule has 0 aromatic carbocycles. The molecule has 0 aromatic heterocycles. The lowest BCUT2D eigenvalue weighted by atomic mass is 9.33. The van der Waals surface area contributed by atoms with Crippen molar-refractivity contribution in [2.45, 2.75) is 210 Å². The van der Waals surface area contributed by atoms with Crippen LogP contribution in [0.1, 0.15) is 204 Å². The number of rotatable bonds is 15. The lowest BCUT2D eigenvalue weighted by Crippen LogP contribution is -2.67. The van der Waals surface area contributed by atoms with Gasteiger partial charge in [-0.05, 0) is 109 Å². The average Bonchev–Trinajstić information content (AvgIpc) is 3.04. The molecule has 0 saturated heterocycles. The molecule has 5 rings (SSSR count). The van der Waals surface area contributed by atoms with Crippen molar-refractivity contribution in [2.24, 2.45) is 56.7 Å². The molecule has 0 aliphatic heterocycles. The van der Waals surface area contributed by atoms with Gasteiger partial charge in [-0.15, -0.1) is 0 Å². The highest BCUT2D eigenvalue weighted by molar-refractivity contribution is 5.95. The van der Waals surface area contributed by atoms with Crippen LogP contribution in [0.15, 0.2) is 11.6 Å². The van der Waals surface area contributed by atoms with Crippen LogP contribution in [-0.4, -0.2) is 17.9 Å². The maximum absolute atomic E-state index is 14.7. The molecule has 3 nitrogen and oxygen atoms in total. The Labute approximate surface area is 303 Å². The van der Waals surface area contributed by atoms with Crippen LogP contribution in [0.3, 0.4) is 0 Å². The number of ketones is 1. The minimum Gasteiger partial charge on any atom is -0.462 e. The summed E-state index contributed by atoms with van der Waals surface area (Å²) in [7, 11) is 0. The van der Waals surface area contributed by atoms with Gasteiger partial charge in [-0.3, -0.25) is 9.59 Å². The van der Waals surface area contributed by atoms with Gasteiger partial charge in [-0.1, -0.05) is 145 Å². The molecular formula is C46H78O3. The Bertz CT molecular complexity index is 1180. The minimum atomic E-state index is -0.135. The van der Waals surface area contributed by atoms with Gasteiger partial charge in [0.05, 0.1) is 0 Å². The van der Waals surface area contributed by atoms with Crippen molar-refractivity contribution in [1.82, 2.24) is 0 Å². The summed E-state index contributed by atoms with van der Waals surface area (Å²) in [5, 5.41) is 0. The molecule has 0 amide bonds. The van der Waals surface area contributed by atoms with E-state index in [2.05, 4.69) is 68.4 Å². The summed E-state index contributed by atoms with van der Waals surface area (Å²) in [6, 6.07) is 0. The number of allylic oxidation sites excluding steroid dienone is 2. The van der Waals surface area contributed by atoms with Gasteiger partial charge in [-0.25, -0.2) is 0 Å². The first-order chi connectivity index (χ1) is 23.2. The minimum absolute atomic E-state index is 0.000289. The van der Waals surface area contributed by atoms with E-state index in [-0.39, 0.29) is 39.7 Å². The summed E-state index contributed by atoms with van der Waals surface area (Å²) >= 11 is 0. The fourth-order valence-corrected chi connectivity index (χ4v) is 13.4. The van der Waals surface area contributed by atoms with Gasteiger partial charge < -0.3 is 4.74 Å². The molecule has 280 valence electrons. The SMILES string of the molecule is CCCCCCCCCCCCCCCC(=O)OC1CCC2(C)C(CCC3(C)C2C(=O)C=C2C4C(C)C(C)CCC4(C)CCC23C)C1(C)C. The third-order valence-electron chi connectivity index (χ3n) is 16.8. The van der Waals surface area contributed by atoms with Crippen molar-refractivity contribution in [3.05, 3.63) is 11.6 Å². The monoisotopic (exact) mass is 679 g/mol. The molecule has 5 aliphatic rings. The largest absolute Gasteiger partial charge is 0.462 e. The second kappa shape index (κ2) is 15.5. The Morgan fingerprint density at radius 3 is 1.94 bits per heavy atom. The Morgan fingerprint density at radius 1 is 0.735 bits per heavy atom. The summed E-state index contributed by atoms with van der Waals surface area (Å²) in [6.45, 7) is 22.0. The number of carbonyl (C=O) groups is 2. The van der Waals surface area contributed by atoms with Crippen LogP contribution in [0.2, 0.25) is 0 Å². The van der Waals surface area contributed by atoms with E-state index in [0.717, 1.165) is 44.4 Å². The van der Waals surface area contributed by atoms with Gasteiger partial charge in [-0.2, -0.15) is 0 Å². The zero-order valence-electron chi connectivity index (χ0n) is 33.8. The van der Waals surface area contributed by atoms with Crippen LogP contribution >= 0.6 is 0 Å². The van der Waals surface area contributed by atoms with Crippen molar-refractivity contribution in [3.63, 3.8) is 0 Å².